The maximum absolute atomic E-state index is 12.0. The molecule has 1 aliphatic rings. The van der Waals surface area contributed by atoms with E-state index in [4.69, 9.17) is 0 Å². The molecule has 0 unspecified atom stereocenters. The average molecular weight is 323 g/mol. The summed E-state index contributed by atoms with van der Waals surface area (Å²) in [7, 11) is 0. The monoisotopic (exact) mass is 323 g/mol. The Kier molecular flexibility index (Phi) is 3.49. The SMILES string of the molecule is C[C@@H]1C[C@@H]1c1cc(NC(=O)Nc2ccc(-n3cccn3)nc2)n[nH]1. The molecule has 2 amide bonds. The minimum absolute atomic E-state index is 0.356. The number of nitrogens with zero attached hydrogens (tertiary/aromatic N) is 4. The molecule has 8 nitrogen and oxygen atoms in total. The van der Waals surface area contributed by atoms with Crippen LogP contribution in [0.25, 0.3) is 5.82 Å². The number of carbonyl (C=O) groups excluding carboxylic acids is 1. The second-order valence-electron chi connectivity index (χ2n) is 5.96. The Labute approximate surface area is 138 Å². The minimum atomic E-state index is -0.356. The molecule has 2 atom stereocenters. The van der Waals surface area contributed by atoms with Crippen molar-refractivity contribution in [2.24, 2.45) is 5.92 Å². The molecule has 0 bridgehead atoms. The van der Waals surface area contributed by atoms with E-state index in [0.717, 1.165) is 5.69 Å². The lowest BCUT2D eigenvalue weighted by Crippen LogP contribution is -2.19. The highest BCUT2D eigenvalue weighted by atomic mass is 16.2. The van der Waals surface area contributed by atoms with Gasteiger partial charge in [0.25, 0.3) is 0 Å². The number of rotatable bonds is 4. The van der Waals surface area contributed by atoms with Crippen molar-refractivity contribution in [1.82, 2.24) is 25.0 Å². The first-order valence-corrected chi connectivity index (χ1v) is 7.78. The second kappa shape index (κ2) is 5.80. The fourth-order valence-electron chi connectivity index (χ4n) is 2.62. The summed E-state index contributed by atoms with van der Waals surface area (Å²) in [6.45, 7) is 2.20. The van der Waals surface area contributed by atoms with Crippen molar-refractivity contribution >= 4 is 17.5 Å². The standard InChI is InChI=1S/C16H17N7O/c1-10-7-12(10)13-8-14(22-21-13)20-16(24)19-11-3-4-15(17-9-11)23-6-2-5-18-23/h2-6,8-10,12H,7H2,1H3,(H3,19,20,21,22,24)/t10-,12+/m1/s1. The molecule has 0 aliphatic heterocycles. The largest absolute Gasteiger partial charge is 0.324 e. The van der Waals surface area contributed by atoms with Crippen LogP contribution >= 0.6 is 0 Å². The summed E-state index contributed by atoms with van der Waals surface area (Å²) in [6, 6.07) is 6.90. The van der Waals surface area contributed by atoms with Gasteiger partial charge in [-0.1, -0.05) is 6.92 Å². The number of H-pyrrole nitrogens is 1. The van der Waals surface area contributed by atoms with E-state index in [2.05, 4.69) is 37.8 Å². The third-order valence-corrected chi connectivity index (χ3v) is 4.09. The lowest BCUT2D eigenvalue weighted by Gasteiger charge is -2.06. The molecule has 1 aliphatic carbocycles. The molecular weight excluding hydrogens is 306 g/mol. The second-order valence-corrected chi connectivity index (χ2v) is 5.96. The molecular formula is C16H17N7O. The predicted molar refractivity (Wildman–Crippen MR) is 89.1 cm³/mol. The Bertz CT molecular complexity index is 838. The van der Waals surface area contributed by atoms with Crippen molar-refractivity contribution in [3.8, 4) is 5.82 Å². The van der Waals surface area contributed by atoms with Crippen LogP contribution in [-0.4, -0.2) is 31.0 Å². The first-order valence-electron chi connectivity index (χ1n) is 7.78. The van der Waals surface area contributed by atoms with Gasteiger partial charge >= 0.3 is 6.03 Å². The van der Waals surface area contributed by atoms with Crippen LogP contribution in [0.3, 0.4) is 0 Å². The van der Waals surface area contributed by atoms with Crippen LogP contribution in [0.1, 0.15) is 25.0 Å². The van der Waals surface area contributed by atoms with Gasteiger partial charge in [-0.2, -0.15) is 10.2 Å². The average Bonchev–Trinajstić information content (AvgIpc) is 2.99. The molecule has 1 saturated carbocycles. The van der Waals surface area contributed by atoms with Gasteiger partial charge in [0.15, 0.2) is 11.6 Å². The summed E-state index contributed by atoms with van der Waals surface area (Å²) in [5.74, 6) is 2.42. The highest BCUT2D eigenvalue weighted by Gasteiger charge is 2.35. The van der Waals surface area contributed by atoms with Gasteiger partial charge < -0.3 is 5.32 Å². The smallest absolute Gasteiger partial charge is 0.306 e. The van der Waals surface area contributed by atoms with Crippen molar-refractivity contribution in [2.45, 2.75) is 19.3 Å². The maximum atomic E-state index is 12.0. The number of pyridine rings is 1. The van der Waals surface area contributed by atoms with E-state index >= 15 is 0 Å². The molecule has 8 heteroatoms. The molecule has 0 radical (unpaired) electrons. The molecule has 4 rings (SSSR count). The van der Waals surface area contributed by atoms with Gasteiger partial charge in [-0.05, 0) is 30.5 Å². The lowest BCUT2D eigenvalue weighted by atomic mass is 10.2. The molecule has 24 heavy (non-hydrogen) atoms. The number of carbonyl (C=O) groups is 1. The molecule has 3 N–H and O–H groups in total. The van der Waals surface area contributed by atoms with Gasteiger partial charge in [0.1, 0.15) is 0 Å². The highest BCUT2D eigenvalue weighted by molar-refractivity contribution is 5.99. The summed E-state index contributed by atoms with van der Waals surface area (Å²) in [4.78, 5) is 16.3. The lowest BCUT2D eigenvalue weighted by molar-refractivity contribution is 0.262. The molecule has 1 fully saturated rings. The van der Waals surface area contributed by atoms with E-state index in [0.29, 0.717) is 29.2 Å². The minimum Gasteiger partial charge on any atom is -0.306 e. The molecule has 3 aromatic rings. The van der Waals surface area contributed by atoms with Gasteiger partial charge in [0.05, 0.1) is 11.9 Å². The fourth-order valence-corrected chi connectivity index (χ4v) is 2.62. The van der Waals surface area contributed by atoms with Crippen molar-refractivity contribution in [2.75, 3.05) is 10.6 Å². The topological polar surface area (TPSA) is 101 Å². The summed E-state index contributed by atoms with van der Waals surface area (Å²) in [5, 5.41) is 16.6. The van der Waals surface area contributed by atoms with Crippen LogP contribution < -0.4 is 10.6 Å². The van der Waals surface area contributed by atoms with Gasteiger partial charge in [-0.3, -0.25) is 10.4 Å². The predicted octanol–water partition coefficient (Wildman–Crippen LogP) is 2.76. The summed E-state index contributed by atoms with van der Waals surface area (Å²) in [6.07, 6.45) is 6.24. The van der Waals surface area contributed by atoms with Crippen molar-refractivity contribution in [3.05, 3.63) is 48.5 Å². The summed E-state index contributed by atoms with van der Waals surface area (Å²) in [5.41, 5.74) is 1.66. The Morgan fingerprint density at radius 3 is 2.92 bits per heavy atom. The van der Waals surface area contributed by atoms with E-state index in [-0.39, 0.29) is 6.03 Å². The number of aromatic nitrogens is 5. The zero-order chi connectivity index (χ0) is 16.5. The molecule has 122 valence electrons. The van der Waals surface area contributed by atoms with Crippen molar-refractivity contribution in [3.63, 3.8) is 0 Å². The number of hydrogen-bond donors (Lipinski definition) is 3. The molecule has 3 heterocycles. The highest BCUT2D eigenvalue weighted by Crippen LogP contribution is 2.46. The molecule has 0 spiro atoms. The first kappa shape index (κ1) is 14.4. The number of nitrogens with one attached hydrogen (secondary N) is 3. The van der Waals surface area contributed by atoms with Crippen LogP contribution in [0.15, 0.2) is 42.9 Å². The van der Waals surface area contributed by atoms with Gasteiger partial charge in [-0.25, -0.2) is 14.5 Å². The van der Waals surface area contributed by atoms with Crippen LogP contribution in [0.2, 0.25) is 0 Å². The van der Waals surface area contributed by atoms with E-state index in [1.807, 2.05) is 12.1 Å². The Hall–Kier alpha value is -3.16. The molecule has 0 saturated heterocycles. The van der Waals surface area contributed by atoms with Crippen LogP contribution in [0.4, 0.5) is 16.3 Å². The Morgan fingerprint density at radius 1 is 1.38 bits per heavy atom. The maximum Gasteiger partial charge on any atom is 0.324 e. The van der Waals surface area contributed by atoms with Crippen molar-refractivity contribution < 1.29 is 4.79 Å². The van der Waals surface area contributed by atoms with E-state index in [1.54, 1.807) is 35.4 Å². The van der Waals surface area contributed by atoms with Crippen LogP contribution in [-0.2, 0) is 0 Å². The van der Waals surface area contributed by atoms with Gasteiger partial charge in [0, 0.05) is 30.1 Å². The van der Waals surface area contributed by atoms with E-state index < -0.39 is 0 Å². The number of urea groups is 1. The normalized spacial score (nSPS) is 19.0. The summed E-state index contributed by atoms with van der Waals surface area (Å²) >= 11 is 0. The number of amides is 2. The Morgan fingerprint density at radius 2 is 2.25 bits per heavy atom. The molecule has 3 aromatic heterocycles. The zero-order valence-corrected chi connectivity index (χ0v) is 13.1. The number of aromatic amines is 1. The van der Waals surface area contributed by atoms with Crippen molar-refractivity contribution in [1.29, 1.82) is 0 Å². The number of hydrogen-bond acceptors (Lipinski definition) is 4. The third-order valence-electron chi connectivity index (χ3n) is 4.09. The van der Waals surface area contributed by atoms with Gasteiger partial charge in [0.2, 0.25) is 0 Å². The van der Waals surface area contributed by atoms with Crippen LogP contribution in [0, 0.1) is 5.92 Å². The first-order chi connectivity index (χ1) is 11.7. The fraction of sp³-hybridized carbons (Fsp3) is 0.250. The van der Waals surface area contributed by atoms with Crippen LogP contribution in [0.5, 0.6) is 0 Å². The number of anilines is 2. The Balaban J connectivity index is 1.36. The molecule has 0 aromatic carbocycles. The third kappa shape index (κ3) is 2.98. The van der Waals surface area contributed by atoms with E-state index in [9.17, 15) is 4.79 Å². The van der Waals surface area contributed by atoms with E-state index in [1.165, 1.54) is 6.42 Å². The summed E-state index contributed by atoms with van der Waals surface area (Å²) < 4.78 is 1.65. The van der Waals surface area contributed by atoms with Gasteiger partial charge in [-0.15, -0.1) is 0 Å². The zero-order valence-electron chi connectivity index (χ0n) is 13.1. The quantitative estimate of drug-likeness (QED) is 0.687.